The Hall–Kier alpha value is -1.68. The molecule has 23 heavy (non-hydrogen) atoms. The molecule has 0 radical (unpaired) electrons. The summed E-state index contributed by atoms with van der Waals surface area (Å²) in [4.78, 5) is 18.1. The lowest BCUT2D eigenvalue weighted by molar-refractivity contribution is -0.117. The Labute approximate surface area is 142 Å². The summed E-state index contributed by atoms with van der Waals surface area (Å²) in [7, 11) is -3.78. The summed E-state index contributed by atoms with van der Waals surface area (Å²) in [5.41, 5.74) is 0.733. The number of nitrogens with two attached hydrogens (primary N) is 1. The molecule has 1 unspecified atom stereocenters. The van der Waals surface area contributed by atoms with E-state index in [1.807, 2.05) is 6.07 Å². The largest absolute Gasteiger partial charge is 0.350 e. The van der Waals surface area contributed by atoms with Gasteiger partial charge in [0.15, 0.2) is 9.34 Å². The van der Waals surface area contributed by atoms with Gasteiger partial charge >= 0.3 is 0 Å². The Balaban J connectivity index is 1.73. The lowest BCUT2D eigenvalue weighted by Crippen LogP contribution is -2.33. The average molecular weight is 373 g/mol. The maximum absolute atomic E-state index is 12.5. The van der Waals surface area contributed by atoms with Crippen molar-refractivity contribution in [3.8, 4) is 0 Å². The summed E-state index contributed by atoms with van der Waals surface area (Å²) in [5, 5.41) is 8.91. The van der Waals surface area contributed by atoms with Crippen LogP contribution in [0.2, 0.25) is 5.02 Å². The first-order valence-electron chi connectivity index (χ1n) is 6.67. The molecular weight excluding hydrogens is 360 g/mol. The minimum Gasteiger partial charge on any atom is -0.350 e. The molecule has 1 saturated heterocycles. The molecule has 3 rings (SSSR count). The van der Waals surface area contributed by atoms with Gasteiger partial charge in [-0.15, -0.1) is 0 Å². The van der Waals surface area contributed by atoms with Crippen LogP contribution in [0.1, 0.15) is 6.42 Å². The molecule has 1 aliphatic rings. The van der Waals surface area contributed by atoms with Gasteiger partial charge in [-0.25, -0.2) is 18.5 Å². The molecule has 1 atom stereocenters. The number of nitrogens with zero attached hydrogens (tertiary/aromatic N) is 2. The second-order valence-electron chi connectivity index (χ2n) is 4.98. The number of hydrogen-bond acceptors (Lipinski definition) is 6. The highest BCUT2D eigenvalue weighted by Gasteiger charge is 2.33. The normalized spacial score (nSPS) is 18.4. The SMILES string of the molecule is NS(=O)(=O)c1cnc(NC2CCN(c3cccc(Cl)c3)C2=O)s1. The van der Waals surface area contributed by atoms with Crippen LogP contribution in [0.25, 0.3) is 0 Å². The van der Waals surface area contributed by atoms with Crippen molar-refractivity contribution in [1.82, 2.24) is 4.98 Å². The number of anilines is 2. The Kier molecular flexibility index (Phi) is 4.28. The summed E-state index contributed by atoms with van der Waals surface area (Å²) in [6.45, 7) is 0.546. The Bertz CT molecular complexity index is 852. The van der Waals surface area contributed by atoms with Crippen LogP contribution in [-0.4, -0.2) is 31.9 Å². The zero-order valence-electron chi connectivity index (χ0n) is 11.8. The molecule has 1 fully saturated rings. The van der Waals surface area contributed by atoms with Gasteiger partial charge in [0, 0.05) is 17.3 Å². The predicted molar refractivity (Wildman–Crippen MR) is 89.3 cm³/mol. The number of aromatic nitrogens is 1. The number of carbonyl (C=O) groups excluding carboxylic acids is 1. The monoisotopic (exact) mass is 372 g/mol. The first-order chi connectivity index (χ1) is 10.8. The number of thiazole rings is 1. The number of sulfonamides is 1. The van der Waals surface area contributed by atoms with E-state index >= 15 is 0 Å². The highest BCUT2D eigenvalue weighted by molar-refractivity contribution is 7.91. The summed E-state index contributed by atoms with van der Waals surface area (Å²) in [6, 6.07) is 6.60. The number of halogens is 1. The lowest BCUT2D eigenvalue weighted by Gasteiger charge is -2.17. The van der Waals surface area contributed by atoms with Gasteiger partial charge in [-0.1, -0.05) is 29.0 Å². The second kappa shape index (κ2) is 6.08. The summed E-state index contributed by atoms with van der Waals surface area (Å²) < 4.78 is 22.5. The Morgan fingerprint density at radius 3 is 2.87 bits per heavy atom. The van der Waals surface area contributed by atoms with E-state index in [0.717, 1.165) is 17.0 Å². The van der Waals surface area contributed by atoms with Crippen molar-refractivity contribution in [1.29, 1.82) is 0 Å². The molecule has 0 spiro atoms. The molecule has 0 saturated carbocycles. The molecule has 0 aliphatic carbocycles. The number of amides is 1. The van der Waals surface area contributed by atoms with Crippen LogP contribution in [0.3, 0.4) is 0 Å². The molecule has 1 aromatic heterocycles. The van der Waals surface area contributed by atoms with E-state index in [1.54, 1.807) is 23.1 Å². The van der Waals surface area contributed by atoms with Gasteiger partial charge in [0.05, 0.1) is 6.20 Å². The summed E-state index contributed by atoms with van der Waals surface area (Å²) >= 11 is 6.85. The number of hydrogen-bond donors (Lipinski definition) is 2. The van der Waals surface area contributed by atoms with E-state index in [2.05, 4.69) is 10.3 Å². The van der Waals surface area contributed by atoms with E-state index in [-0.39, 0.29) is 10.1 Å². The van der Waals surface area contributed by atoms with Crippen LogP contribution in [0, 0.1) is 0 Å². The van der Waals surface area contributed by atoms with Gasteiger partial charge in [0.1, 0.15) is 6.04 Å². The molecule has 10 heteroatoms. The molecule has 7 nitrogen and oxygen atoms in total. The smallest absolute Gasteiger partial charge is 0.249 e. The quantitative estimate of drug-likeness (QED) is 0.849. The highest BCUT2D eigenvalue weighted by Crippen LogP contribution is 2.28. The van der Waals surface area contributed by atoms with Crippen LogP contribution in [0.15, 0.2) is 34.7 Å². The van der Waals surface area contributed by atoms with Crippen LogP contribution in [-0.2, 0) is 14.8 Å². The van der Waals surface area contributed by atoms with Crippen molar-refractivity contribution in [3.63, 3.8) is 0 Å². The molecule has 1 amide bonds. The maximum Gasteiger partial charge on any atom is 0.249 e. The fraction of sp³-hybridized carbons (Fsp3) is 0.231. The zero-order chi connectivity index (χ0) is 16.6. The molecule has 0 bridgehead atoms. The highest BCUT2D eigenvalue weighted by atomic mass is 35.5. The Morgan fingerprint density at radius 2 is 2.22 bits per heavy atom. The molecule has 2 aromatic rings. The van der Waals surface area contributed by atoms with E-state index in [4.69, 9.17) is 16.7 Å². The van der Waals surface area contributed by atoms with Crippen LogP contribution in [0.4, 0.5) is 10.8 Å². The van der Waals surface area contributed by atoms with Gasteiger partial charge in [0.2, 0.25) is 15.9 Å². The van der Waals surface area contributed by atoms with Crippen LogP contribution < -0.4 is 15.4 Å². The van der Waals surface area contributed by atoms with Crippen LogP contribution >= 0.6 is 22.9 Å². The van der Waals surface area contributed by atoms with E-state index in [0.29, 0.717) is 23.1 Å². The first-order valence-corrected chi connectivity index (χ1v) is 9.41. The van der Waals surface area contributed by atoms with Crippen molar-refractivity contribution in [2.45, 2.75) is 16.7 Å². The number of rotatable bonds is 4. The van der Waals surface area contributed by atoms with Gasteiger partial charge < -0.3 is 10.2 Å². The molecule has 1 aromatic carbocycles. The van der Waals surface area contributed by atoms with Crippen molar-refractivity contribution in [3.05, 3.63) is 35.5 Å². The molecule has 122 valence electrons. The van der Waals surface area contributed by atoms with Gasteiger partial charge in [-0.05, 0) is 24.6 Å². The minimum absolute atomic E-state index is 0.0443. The van der Waals surface area contributed by atoms with Crippen molar-refractivity contribution >= 4 is 49.7 Å². The molecule has 2 heterocycles. The van der Waals surface area contributed by atoms with Crippen molar-refractivity contribution < 1.29 is 13.2 Å². The summed E-state index contributed by atoms with van der Waals surface area (Å²) in [5.74, 6) is -0.111. The summed E-state index contributed by atoms with van der Waals surface area (Å²) in [6.07, 6.45) is 1.76. The van der Waals surface area contributed by atoms with Gasteiger partial charge in [0.25, 0.3) is 0 Å². The van der Waals surface area contributed by atoms with Crippen LogP contribution in [0.5, 0.6) is 0 Å². The number of primary sulfonamides is 1. The minimum atomic E-state index is -3.78. The standard InChI is InChI=1S/C13H13ClN4O3S2/c14-8-2-1-3-9(6-8)18-5-4-10(12(18)19)17-13-16-7-11(22-13)23(15,20)21/h1-3,6-7,10H,4-5H2,(H,16,17)(H2,15,20,21). The molecule has 3 N–H and O–H groups in total. The first kappa shape index (κ1) is 16.2. The molecule has 1 aliphatic heterocycles. The Morgan fingerprint density at radius 1 is 1.43 bits per heavy atom. The average Bonchev–Trinajstić information content (AvgIpc) is 3.07. The third-order valence-corrected chi connectivity index (χ3v) is 5.96. The van der Waals surface area contributed by atoms with E-state index < -0.39 is 16.1 Å². The number of benzene rings is 1. The third-order valence-electron chi connectivity index (χ3n) is 3.39. The van der Waals surface area contributed by atoms with Gasteiger partial charge in [-0.2, -0.15) is 0 Å². The van der Waals surface area contributed by atoms with E-state index in [9.17, 15) is 13.2 Å². The topological polar surface area (TPSA) is 105 Å². The second-order valence-corrected chi connectivity index (χ2v) is 8.24. The van der Waals surface area contributed by atoms with Crippen molar-refractivity contribution in [2.24, 2.45) is 5.14 Å². The van der Waals surface area contributed by atoms with Crippen molar-refractivity contribution in [2.75, 3.05) is 16.8 Å². The third kappa shape index (κ3) is 3.47. The number of carbonyl (C=O) groups is 1. The fourth-order valence-electron chi connectivity index (χ4n) is 2.32. The number of nitrogens with one attached hydrogen (secondary N) is 1. The lowest BCUT2D eigenvalue weighted by atomic mass is 10.2. The fourth-order valence-corrected chi connectivity index (χ4v) is 4.01. The van der Waals surface area contributed by atoms with E-state index in [1.165, 1.54) is 6.20 Å². The predicted octanol–water partition coefficient (Wildman–Crippen LogP) is 1.66. The maximum atomic E-state index is 12.5. The zero-order valence-corrected chi connectivity index (χ0v) is 14.2. The molecular formula is C13H13ClN4O3S2. The van der Waals surface area contributed by atoms with Gasteiger partial charge in [-0.3, -0.25) is 4.79 Å².